The predicted octanol–water partition coefficient (Wildman–Crippen LogP) is 1.64. The van der Waals surface area contributed by atoms with Gasteiger partial charge >= 0.3 is 0 Å². The standard InChI is InChI=1S/C9H10ClN3O/c1-14-11-4-8-6-13-5-7(10)2-3-9(13)12-8/h2-3,5-6,11H,4H2,1H3. The third-order valence-corrected chi connectivity index (χ3v) is 2.09. The van der Waals surface area contributed by atoms with Gasteiger partial charge in [0.1, 0.15) is 5.65 Å². The maximum absolute atomic E-state index is 5.84. The van der Waals surface area contributed by atoms with Gasteiger partial charge in [-0.1, -0.05) is 11.6 Å². The van der Waals surface area contributed by atoms with E-state index >= 15 is 0 Å². The first-order valence-corrected chi connectivity index (χ1v) is 4.56. The molecule has 4 nitrogen and oxygen atoms in total. The molecule has 0 aliphatic carbocycles. The first-order valence-electron chi connectivity index (χ1n) is 4.18. The van der Waals surface area contributed by atoms with Crippen molar-refractivity contribution in [3.8, 4) is 0 Å². The summed E-state index contributed by atoms with van der Waals surface area (Å²) in [6, 6.07) is 3.69. The highest BCUT2D eigenvalue weighted by atomic mass is 35.5. The lowest BCUT2D eigenvalue weighted by molar-refractivity contribution is 0.0859. The van der Waals surface area contributed by atoms with Gasteiger partial charge in [0.05, 0.1) is 24.4 Å². The summed E-state index contributed by atoms with van der Waals surface area (Å²) in [5.41, 5.74) is 4.52. The molecule has 0 aromatic carbocycles. The molecule has 0 radical (unpaired) electrons. The van der Waals surface area contributed by atoms with Crippen LogP contribution in [0.25, 0.3) is 5.65 Å². The van der Waals surface area contributed by atoms with E-state index in [1.54, 1.807) is 7.11 Å². The van der Waals surface area contributed by atoms with Crippen molar-refractivity contribution in [2.45, 2.75) is 6.54 Å². The average molecular weight is 212 g/mol. The van der Waals surface area contributed by atoms with Crippen molar-refractivity contribution in [1.29, 1.82) is 0 Å². The number of nitrogens with zero attached hydrogens (tertiary/aromatic N) is 2. The number of aromatic nitrogens is 2. The first-order chi connectivity index (χ1) is 6.79. The van der Waals surface area contributed by atoms with E-state index in [-0.39, 0.29) is 0 Å². The largest absolute Gasteiger partial charge is 0.305 e. The van der Waals surface area contributed by atoms with Crippen molar-refractivity contribution < 1.29 is 4.84 Å². The zero-order chi connectivity index (χ0) is 9.97. The molecule has 74 valence electrons. The van der Waals surface area contributed by atoms with Crippen LogP contribution in [0.1, 0.15) is 5.69 Å². The molecule has 0 amide bonds. The lowest BCUT2D eigenvalue weighted by Gasteiger charge is -1.95. The SMILES string of the molecule is CONCc1cn2cc(Cl)ccc2n1. The van der Waals surface area contributed by atoms with Gasteiger partial charge in [-0.05, 0) is 12.1 Å². The van der Waals surface area contributed by atoms with E-state index in [1.165, 1.54) is 0 Å². The van der Waals surface area contributed by atoms with Crippen LogP contribution in [0.4, 0.5) is 0 Å². The Bertz CT molecular complexity index is 441. The van der Waals surface area contributed by atoms with Gasteiger partial charge in [-0.3, -0.25) is 0 Å². The van der Waals surface area contributed by atoms with Crippen LogP contribution in [-0.2, 0) is 11.4 Å². The number of nitrogens with one attached hydrogen (secondary N) is 1. The highest BCUT2D eigenvalue weighted by molar-refractivity contribution is 6.30. The quantitative estimate of drug-likeness (QED) is 0.785. The second-order valence-corrected chi connectivity index (χ2v) is 3.31. The lowest BCUT2D eigenvalue weighted by Crippen LogP contribution is -2.10. The molecule has 0 fully saturated rings. The summed E-state index contributed by atoms with van der Waals surface area (Å²) in [7, 11) is 1.58. The smallest absolute Gasteiger partial charge is 0.137 e. The number of hydrogen-bond donors (Lipinski definition) is 1. The lowest BCUT2D eigenvalue weighted by atomic mass is 10.5. The Morgan fingerprint density at radius 2 is 2.36 bits per heavy atom. The van der Waals surface area contributed by atoms with Gasteiger partial charge in [-0.25, -0.2) is 4.98 Å². The molecule has 2 heterocycles. The van der Waals surface area contributed by atoms with E-state index in [0.29, 0.717) is 11.6 Å². The molecular weight excluding hydrogens is 202 g/mol. The van der Waals surface area contributed by atoms with Crippen molar-refractivity contribution >= 4 is 17.2 Å². The summed E-state index contributed by atoms with van der Waals surface area (Å²) in [4.78, 5) is 9.09. The van der Waals surface area contributed by atoms with Gasteiger partial charge in [0.2, 0.25) is 0 Å². The highest BCUT2D eigenvalue weighted by Crippen LogP contribution is 2.11. The van der Waals surface area contributed by atoms with E-state index in [1.807, 2.05) is 28.9 Å². The van der Waals surface area contributed by atoms with Crippen LogP contribution >= 0.6 is 11.6 Å². The minimum absolute atomic E-state index is 0.579. The molecule has 0 unspecified atom stereocenters. The fourth-order valence-electron chi connectivity index (χ4n) is 1.25. The van der Waals surface area contributed by atoms with Crippen LogP contribution in [0, 0.1) is 0 Å². The number of pyridine rings is 1. The van der Waals surface area contributed by atoms with Gasteiger partial charge in [0.15, 0.2) is 0 Å². The topological polar surface area (TPSA) is 38.6 Å². The Labute approximate surface area is 86.4 Å². The Morgan fingerprint density at radius 3 is 3.14 bits per heavy atom. The van der Waals surface area contributed by atoms with Crippen molar-refractivity contribution in [2.24, 2.45) is 0 Å². The molecule has 0 saturated heterocycles. The van der Waals surface area contributed by atoms with Crippen LogP contribution in [0.2, 0.25) is 5.02 Å². The number of imidazole rings is 1. The van der Waals surface area contributed by atoms with Gasteiger partial charge in [0.25, 0.3) is 0 Å². The third kappa shape index (κ3) is 1.87. The van der Waals surface area contributed by atoms with Crippen molar-refractivity contribution in [3.05, 3.63) is 35.2 Å². The molecule has 0 spiro atoms. The highest BCUT2D eigenvalue weighted by Gasteiger charge is 2.00. The van der Waals surface area contributed by atoms with Crippen LogP contribution in [0.3, 0.4) is 0 Å². The Kier molecular flexibility index (Phi) is 2.67. The van der Waals surface area contributed by atoms with Crippen molar-refractivity contribution in [3.63, 3.8) is 0 Å². The average Bonchev–Trinajstić information content (AvgIpc) is 2.56. The number of rotatable bonds is 3. The van der Waals surface area contributed by atoms with E-state index in [0.717, 1.165) is 11.3 Å². The number of hydroxylamine groups is 1. The number of fused-ring (bicyclic) bond motifs is 1. The maximum Gasteiger partial charge on any atom is 0.137 e. The molecule has 5 heteroatoms. The second-order valence-electron chi connectivity index (χ2n) is 2.87. The molecule has 2 aromatic heterocycles. The van der Waals surface area contributed by atoms with E-state index in [9.17, 15) is 0 Å². The molecule has 0 bridgehead atoms. The van der Waals surface area contributed by atoms with Crippen molar-refractivity contribution in [1.82, 2.24) is 14.9 Å². The summed E-state index contributed by atoms with van der Waals surface area (Å²) < 4.78 is 1.88. The van der Waals surface area contributed by atoms with E-state index in [4.69, 9.17) is 16.4 Å². The molecular formula is C9H10ClN3O. The van der Waals surface area contributed by atoms with Crippen LogP contribution in [0.5, 0.6) is 0 Å². The molecule has 0 aliphatic rings. The zero-order valence-corrected chi connectivity index (χ0v) is 8.45. The van der Waals surface area contributed by atoms with Gasteiger partial charge in [0, 0.05) is 12.4 Å². The Hall–Kier alpha value is -1.10. The predicted molar refractivity (Wildman–Crippen MR) is 54.1 cm³/mol. The molecule has 0 aliphatic heterocycles. The summed E-state index contributed by atoms with van der Waals surface area (Å²) in [6.45, 7) is 0.579. The van der Waals surface area contributed by atoms with E-state index < -0.39 is 0 Å². The summed E-state index contributed by atoms with van der Waals surface area (Å²) in [5, 5.41) is 0.696. The first kappa shape index (κ1) is 9.45. The molecule has 0 atom stereocenters. The molecule has 0 saturated carbocycles. The van der Waals surface area contributed by atoms with Crippen LogP contribution in [-0.4, -0.2) is 16.5 Å². The van der Waals surface area contributed by atoms with E-state index in [2.05, 4.69) is 10.5 Å². The Balaban J connectivity index is 2.32. The molecule has 1 N–H and O–H groups in total. The van der Waals surface area contributed by atoms with Crippen molar-refractivity contribution in [2.75, 3.05) is 7.11 Å². The number of hydrogen-bond acceptors (Lipinski definition) is 3. The minimum Gasteiger partial charge on any atom is -0.305 e. The normalized spacial score (nSPS) is 11.0. The summed E-state index contributed by atoms with van der Waals surface area (Å²) >= 11 is 5.84. The third-order valence-electron chi connectivity index (χ3n) is 1.86. The van der Waals surface area contributed by atoms with Crippen LogP contribution in [0.15, 0.2) is 24.5 Å². The van der Waals surface area contributed by atoms with Gasteiger partial charge < -0.3 is 9.24 Å². The maximum atomic E-state index is 5.84. The van der Waals surface area contributed by atoms with Gasteiger partial charge in [-0.2, -0.15) is 5.48 Å². The molecule has 14 heavy (non-hydrogen) atoms. The monoisotopic (exact) mass is 211 g/mol. The summed E-state index contributed by atoms with van der Waals surface area (Å²) in [6.07, 6.45) is 3.73. The summed E-state index contributed by atoms with van der Waals surface area (Å²) in [5.74, 6) is 0. The minimum atomic E-state index is 0.579. The van der Waals surface area contributed by atoms with Crippen LogP contribution < -0.4 is 5.48 Å². The fraction of sp³-hybridized carbons (Fsp3) is 0.222. The van der Waals surface area contributed by atoms with Gasteiger partial charge in [-0.15, -0.1) is 0 Å². The molecule has 2 aromatic rings. The molecule has 2 rings (SSSR count). The second kappa shape index (κ2) is 3.96. The zero-order valence-electron chi connectivity index (χ0n) is 7.70. The number of halogens is 1. The fourth-order valence-corrected chi connectivity index (χ4v) is 1.42. The Morgan fingerprint density at radius 1 is 1.50 bits per heavy atom.